The average molecular weight is 338 g/mol. The number of hydrogen-bond donors (Lipinski definition) is 1. The first-order valence-corrected chi connectivity index (χ1v) is 8.38. The first kappa shape index (κ1) is 17.0. The molecule has 1 fully saturated rings. The van der Waals surface area contributed by atoms with E-state index in [-0.39, 0.29) is 18.4 Å². The highest BCUT2D eigenvalue weighted by molar-refractivity contribution is 5.90. The molecule has 1 heterocycles. The van der Waals surface area contributed by atoms with Crippen LogP contribution in [0.2, 0.25) is 0 Å². The van der Waals surface area contributed by atoms with Gasteiger partial charge in [0.15, 0.2) is 6.61 Å². The number of aryl methyl sites for hydroxylation is 2. The number of hydrogen-bond acceptors (Lipinski definition) is 3. The van der Waals surface area contributed by atoms with Crippen LogP contribution in [-0.4, -0.2) is 36.4 Å². The van der Waals surface area contributed by atoms with Crippen molar-refractivity contribution in [2.75, 3.05) is 19.7 Å². The number of amides is 2. The predicted octanol–water partition coefficient (Wildman–Crippen LogP) is 2.38. The summed E-state index contributed by atoms with van der Waals surface area (Å²) in [5.74, 6) is 0.301. The van der Waals surface area contributed by atoms with Crippen LogP contribution in [0.5, 0.6) is 5.75 Å². The molecule has 1 N–H and O–H groups in total. The molecule has 2 amide bonds. The van der Waals surface area contributed by atoms with E-state index in [1.54, 1.807) is 4.90 Å². The second-order valence-electron chi connectivity index (χ2n) is 6.30. The van der Waals surface area contributed by atoms with Gasteiger partial charge in [0.1, 0.15) is 11.8 Å². The zero-order valence-electron chi connectivity index (χ0n) is 14.5. The van der Waals surface area contributed by atoms with Crippen LogP contribution < -0.4 is 10.1 Å². The van der Waals surface area contributed by atoms with Gasteiger partial charge < -0.3 is 15.0 Å². The van der Waals surface area contributed by atoms with Crippen molar-refractivity contribution in [2.24, 2.45) is 0 Å². The maximum Gasteiger partial charge on any atom is 0.261 e. The van der Waals surface area contributed by atoms with Gasteiger partial charge in [-0.15, -0.1) is 0 Å². The molecule has 25 heavy (non-hydrogen) atoms. The Morgan fingerprint density at radius 3 is 2.64 bits per heavy atom. The lowest BCUT2D eigenvalue weighted by Crippen LogP contribution is -2.53. The Morgan fingerprint density at radius 2 is 1.92 bits per heavy atom. The Hall–Kier alpha value is -2.82. The van der Waals surface area contributed by atoms with Crippen molar-refractivity contribution < 1.29 is 14.3 Å². The normalized spacial score (nSPS) is 17.1. The van der Waals surface area contributed by atoms with E-state index in [1.807, 2.05) is 62.4 Å². The summed E-state index contributed by atoms with van der Waals surface area (Å²) in [5, 5.41) is 2.84. The highest BCUT2D eigenvalue weighted by atomic mass is 16.5. The summed E-state index contributed by atoms with van der Waals surface area (Å²) in [6, 6.07) is 14.6. The number of piperazine rings is 1. The molecule has 0 aliphatic carbocycles. The van der Waals surface area contributed by atoms with Crippen molar-refractivity contribution in [3.63, 3.8) is 0 Å². The summed E-state index contributed by atoms with van der Waals surface area (Å²) < 4.78 is 5.60. The molecular formula is C20H22N2O3. The second kappa shape index (κ2) is 7.38. The number of carbonyl (C=O) groups is 2. The fourth-order valence-corrected chi connectivity index (χ4v) is 2.97. The summed E-state index contributed by atoms with van der Waals surface area (Å²) in [6.45, 7) is 4.81. The summed E-state index contributed by atoms with van der Waals surface area (Å²) in [4.78, 5) is 26.7. The van der Waals surface area contributed by atoms with E-state index in [0.717, 1.165) is 16.7 Å². The van der Waals surface area contributed by atoms with E-state index in [4.69, 9.17) is 4.74 Å². The lowest BCUT2D eigenvalue weighted by Gasteiger charge is -2.35. The molecule has 0 saturated carbocycles. The quantitative estimate of drug-likeness (QED) is 0.931. The Balaban J connectivity index is 1.74. The zero-order chi connectivity index (χ0) is 17.8. The second-order valence-corrected chi connectivity index (χ2v) is 6.30. The first-order valence-electron chi connectivity index (χ1n) is 8.38. The van der Waals surface area contributed by atoms with Gasteiger partial charge in [-0.1, -0.05) is 47.5 Å². The summed E-state index contributed by atoms with van der Waals surface area (Å²) in [6.07, 6.45) is 0. The Kier molecular flexibility index (Phi) is 5.03. The minimum Gasteiger partial charge on any atom is -0.484 e. The van der Waals surface area contributed by atoms with Gasteiger partial charge in [0.25, 0.3) is 5.91 Å². The molecule has 1 saturated heterocycles. The molecule has 1 unspecified atom stereocenters. The van der Waals surface area contributed by atoms with E-state index < -0.39 is 6.04 Å². The maximum absolute atomic E-state index is 12.7. The van der Waals surface area contributed by atoms with Crippen molar-refractivity contribution in [1.29, 1.82) is 0 Å². The number of carbonyl (C=O) groups excluding carboxylic acids is 2. The summed E-state index contributed by atoms with van der Waals surface area (Å²) in [7, 11) is 0. The summed E-state index contributed by atoms with van der Waals surface area (Å²) >= 11 is 0. The molecule has 5 nitrogen and oxygen atoms in total. The molecule has 5 heteroatoms. The van der Waals surface area contributed by atoms with Crippen LogP contribution in [0.25, 0.3) is 0 Å². The third kappa shape index (κ3) is 3.99. The molecule has 3 rings (SSSR count). The zero-order valence-corrected chi connectivity index (χ0v) is 14.5. The molecule has 0 aromatic heterocycles. The lowest BCUT2D eigenvalue weighted by molar-refractivity contribution is -0.145. The van der Waals surface area contributed by atoms with Crippen molar-refractivity contribution in [3.05, 3.63) is 65.2 Å². The van der Waals surface area contributed by atoms with Crippen molar-refractivity contribution in [2.45, 2.75) is 19.9 Å². The molecule has 2 aromatic carbocycles. The van der Waals surface area contributed by atoms with Crippen LogP contribution in [-0.2, 0) is 9.59 Å². The van der Waals surface area contributed by atoms with Gasteiger partial charge in [0.05, 0.1) is 0 Å². The molecular weight excluding hydrogens is 316 g/mol. The molecule has 0 spiro atoms. The molecule has 0 bridgehead atoms. The van der Waals surface area contributed by atoms with Crippen molar-refractivity contribution in [3.8, 4) is 5.75 Å². The Morgan fingerprint density at radius 1 is 1.16 bits per heavy atom. The number of nitrogens with zero attached hydrogens (tertiary/aromatic N) is 1. The lowest BCUT2D eigenvalue weighted by atomic mass is 10.0. The topological polar surface area (TPSA) is 58.6 Å². The molecule has 1 aliphatic heterocycles. The van der Waals surface area contributed by atoms with E-state index in [0.29, 0.717) is 18.8 Å². The SMILES string of the molecule is Cc1ccc(OCC(=O)N2CCNC(=O)C2c2cccc(C)c2)cc1. The third-order valence-corrected chi connectivity index (χ3v) is 4.27. The van der Waals surface area contributed by atoms with Gasteiger partial charge in [-0.05, 0) is 31.5 Å². The smallest absolute Gasteiger partial charge is 0.261 e. The standard InChI is InChI=1S/C20H22N2O3/c1-14-6-8-17(9-7-14)25-13-18(23)22-11-10-21-20(24)19(22)16-5-3-4-15(2)12-16/h3-9,12,19H,10-11,13H2,1-2H3,(H,21,24). The van der Waals surface area contributed by atoms with Gasteiger partial charge in [-0.2, -0.15) is 0 Å². The van der Waals surface area contributed by atoms with Gasteiger partial charge in [-0.3, -0.25) is 9.59 Å². The Bertz CT molecular complexity index is 771. The van der Waals surface area contributed by atoms with Crippen LogP contribution >= 0.6 is 0 Å². The van der Waals surface area contributed by atoms with E-state index in [9.17, 15) is 9.59 Å². The number of benzene rings is 2. The van der Waals surface area contributed by atoms with Crippen LogP contribution in [0.3, 0.4) is 0 Å². The van der Waals surface area contributed by atoms with Gasteiger partial charge in [0, 0.05) is 13.1 Å². The molecule has 2 aromatic rings. The monoisotopic (exact) mass is 338 g/mol. The average Bonchev–Trinajstić information content (AvgIpc) is 2.60. The minimum atomic E-state index is -0.609. The highest BCUT2D eigenvalue weighted by Crippen LogP contribution is 2.24. The minimum absolute atomic E-state index is 0.0847. The number of nitrogens with one attached hydrogen (secondary N) is 1. The third-order valence-electron chi connectivity index (χ3n) is 4.27. The highest BCUT2D eigenvalue weighted by Gasteiger charge is 2.34. The maximum atomic E-state index is 12.7. The van der Waals surface area contributed by atoms with Crippen LogP contribution in [0, 0.1) is 13.8 Å². The predicted molar refractivity (Wildman–Crippen MR) is 95.3 cm³/mol. The first-order chi connectivity index (χ1) is 12.0. The van der Waals surface area contributed by atoms with Crippen molar-refractivity contribution >= 4 is 11.8 Å². The molecule has 1 atom stereocenters. The van der Waals surface area contributed by atoms with Crippen LogP contribution in [0.1, 0.15) is 22.7 Å². The van der Waals surface area contributed by atoms with Gasteiger partial charge >= 0.3 is 0 Å². The summed E-state index contributed by atoms with van der Waals surface area (Å²) in [5.41, 5.74) is 3.01. The largest absolute Gasteiger partial charge is 0.484 e. The number of rotatable bonds is 4. The van der Waals surface area contributed by atoms with E-state index in [1.165, 1.54) is 0 Å². The Labute approximate surface area is 147 Å². The van der Waals surface area contributed by atoms with Gasteiger partial charge in [-0.25, -0.2) is 0 Å². The van der Waals surface area contributed by atoms with Crippen LogP contribution in [0.15, 0.2) is 48.5 Å². The van der Waals surface area contributed by atoms with E-state index >= 15 is 0 Å². The fraction of sp³-hybridized carbons (Fsp3) is 0.300. The van der Waals surface area contributed by atoms with Crippen molar-refractivity contribution in [1.82, 2.24) is 10.2 Å². The molecule has 0 radical (unpaired) electrons. The van der Waals surface area contributed by atoms with Crippen LogP contribution in [0.4, 0.5) is 0 Å². The molecule has 130 valence electrons. The fourth-order valence-electron chi connectivity index (χ4n) is 2.97. The van der Waals surface area contributed by atoms with E-state index in [2.05, 4.69) is 5.32 Å². The van der Waals surface area contributed by atoms with Gasteiger partial charge in [0.2, 0.25) is 5.91 Å². The number of ether oxygens (including phenoxy) is 1. The molecule has 1 aliphatic rings.